The number of hydrogen-bond acceptors (Lipinski definition) is 5. The van der Waals surface area contributed by atoms with Crippen LogP contribution >= 0.6 is 0 Å². The highest BCUT2D eigenvalue weighted by Crippen LogP contribution is 2.16. The molecule has 0 bridgehead atoms. The monoisotopic (exact) mass is 353 g/mol. The van der Waals surface area contributed by atoms with Crippen molar-refractivity contribution in [2.24, 2.45) is 11.1 Å². The highest BCUT2D eigenvalue weighted by molar-refractivity contribution is 6.11. The average Bonchev–Trinajstić information content (AvgIpc) is 2.69. The van der Waals surface area contributed by atoms with E-state index in [1.165, 1.54) is 0 Å². The number of nitrogens with zero attached hydrogens (tertiary/aromatic N) is 3. The first-order valence-electron chi connectivity index (χ1n) is 8.86. The Hall–Kier alpha value is -2.73. The number of aliphatic carboxylic acids is 1. The van der Waals surface area contributed by atoms with Gasteiger partial charge in [0, 0.05) is 24.8 Å². The van der Waals surface area contributed by atoms with E-state index in [1.54, 1.807) is 6.20 Å². The van der Waals surface area contributed by atoms with Gasteiger partial charge >= 0.3 is 5.97 Å². The van der Waals surface area contributed by atoms with Crippen molar-refractivity contribution in [2.75, 3.05) is 26.2 Å². The molecule has 1 aliphatic heterocycles. The van der Waals surface area contributed by atoms with Crippen molar-refractivity contribution in [2.45, 2.75) is 12.8 Å². The Bertz CT molecular complexity index is 693. The number of piperidine rings is 1. The smallest absolute Gasteiger partial charge is 0.307 e. The number of oxime groups is 1. The lowest BCUT2D eigenvalue weighted by Gasteiger charge is -2.29. The van der Waals surface area contributed by atoms with Crippen molar-refractivity contribution in [1.29, 1.82) is 0 Å². The molecule has 2 aromatic rings. The highest BCUT2D eigenvalue weighted by atomic mass is 16.6. The molecular weight excluding hydrogens is 330 g/mol. The number of carbonyl (C=O) groups is 1. The van der Waals surface area contributed by atoms with E-state index < -0.39 is 5.97 Å². The lowest BCUT2D eigenvalue weighted by atomic mass is 9.98. The molecule has 1 unspecified atom stereocenters. The normalized spacial score (nSPS) is 18.5. The summed E-state index contributed by atoms with van der Waals surface area (Å²) in [5.74, 6) is -0.990. The van der Waals surface area contributed by atoms with Gasteiger partial charge in [0.05, 0.1) is 11.6 Å². The van der Waals surface area contributed by atoms with Crippen molar-refractivity contribution in [3.63, 3.8) is 0 Å². The maximum absolute atomic E-state index is 11.1. The molecule has 0 saturated carbocycles. The van der Waals surface area contributed by atoms with Crippen molar-refractivity contribution < 1.29 is 14.7 Å². The Kier molecular flexibility index (Phi) is 6.33. The molecule has 0 amide bonds. The summed E-state index contributed by atoms with van der Waals surface area (Å²) in [4.78, 5) is 23.2. The van der Waals surface area contributed by atoms with Gasteiger partial charge in [-0.15, -0.1) is 0 Å². The van der Waals surface area contributed by atoms with E-state index in [4.69, 9.17) is 9.94 Å². The molecule has 1 fully saturated rings. The van der Waals surface area contributed by atoms with Gasteiger partial charge in [-0.25, -0.2) is 0 Å². The predicted molar refractivity (Wildman–Crippen MR) is 99.1 cm³/mol. The molecule has 2 heterocycles. The number of carboxylic acid groups (broad SMARTS) is 1. The van der Waals surface area contributed by atoms with Crippen LogP contribution in [0.1, 0.15) is 24.1 Å². The first kappa shape index (κ1) is 18.1. The minimum atomic E-state index is -0.713. The number of likely N-dealkylation sites (tertiary alicyclic amines) is 1. The van der Waals surface area contributed by atoms with E-state index in [9.17, 15) is 4.79 Å². The first-order chi connectivity index (χ1) is 12.7. The molecule has 1 saturated heterocycles. The molecule has 1 aromatic carbocycles. The van der Waals surface area contributed by atoms with Crippen LogP contribution in [0.25, 0.3) is 0 Å². The second-order valence-electron chi connectivity index (χ2n) is 6.33. The third-order valence-corrected chi connectivity index (χ3v) is 4.46. The molecule has 136 valence electrons. The Morgan fingerprint density at radius 3 is 2.77 bits per heavy atom. The third kappa shape index (κ3) is 4.89. The summed E-state index contributed by atoms with van der Waals surface area (Å²) < 4.78 is 0. The van der Waals surface area contributed by atoms with E-state index in [1.807, 2.05) is 48.5 Å². The van der Waals surface area contributed by atoms with Gasteiger partial charge in [-0.1, -0.05) is 41.6 Å². The fourth-order valence-electron chi connectivity index (χ4n) is 3.09. The number of carboxylic acids is 1. The minimum Gasteiger partial charge on any atom is -0.481 e. The third-order valence-electron chi connectivity index (χ3n) is 4.46. The van der Waals surface area contributed by atoms with Gasteiger partial charge in [0.15, 0.2) is 0 Å². The largest absolute Gasteiger partial charge is 0.481 e. The zero-order valence-corrected chi connectivity index (χ0v) is 14.6. The molecule has 1 aliphatic rings. The molecule has 1 aromatic heterocycles. The molecular formula is C20H23N3O3. The lowest BCUT2D eigenvalue weighted by molar-refractivity contribution is -0.143. The van der Waals surface area contributed by atoms with Gasteiger partial charge in [0.2, 0.25) is 0 Å². The molecule has 0 spiro atoms. The maximum Gasteiger partial charge on any atom is 0.307 e. The van der Waals surface area contributed by atoms with Crippen LogP contribution in [0.5, 0.6) is 0 Å². The number of pyridine rings is 1. The van der Waals surface area contributed by atoms with Gasteiger partial charge in [0.25, 0.3) is 0 Å². The van der Waals surface area contributed by atoms with Crippen molar-refractivity contribution in [3.8, 4) is 0 Å². The van der Waals surface area contributed by atoms with Crippen LogP contribution in [-0.2, 0) is 9.63 Å². The van der Waals surface area contributed by atoms with Crippen LogP contribution in [-0.4, -0.2) is 52.9 Å². The SMILES string of the molecule is O=C(O)C1CCCN(CCO/N=C(\c2ccccc2)c2ccccn2)C1. The molecule has 6 heteroatoms. The topological polar surface area (TPSA) is 75.0 Å². The Morgan fingerprint density at radius 1 is 1.23 bits per heavy atom. The van der Waals surface area contributed by atoms with E-state index in [0.29, 0.717) is 25.4 Å². The van der Waals surface area contributed by atoms with Crippen LogP contribution in [0.15, 0.2) is 59.9 Å². The summed E-state index contributed by atoms with van der Waals surface area (Å²) in [6.45, 7) is 2.56. The molecule has 26 heavy (non-hydrogen) atoms. The van der Waals surface area contributed by atoms with Gasteiger partial charge in [-0.3, -0.25) is 14.7 Å². The van der Waals surface area contributed by atoms with Crippen LogP contribution < -0.4 is 0 Å². The Morgan fingerprint density at radius 2 is 2.04 bits per heavy atom. The quantitative estimate of drug-likeness (QED) is 0.470. The lowest BCUT2D eigenvalue weighted by Crippen LogP contribution is -2.40. The number of hydrogen-bond donors (Lipinski definition) is 1. The molecule has 1 N–H and O–H groups in total. The van der Waals surface area contributed by atoms with E-state index in [0.717, 1.165) is 30.6 Å². The fourth-order valence-corrected chi connectivity index (χ4v) is 3.09. The molecule has 0 aliphatic carbocycles. The second kappa shape index (κ2) is 9.10. The fraction of sp³-hybridized carbons (Fsp3) is 0.350. The van der Waals surface area contributed by atoms with Crippen LogP contribution in [0.4, 0.5) is 0 Å². The van der Waals surface area contributed by atoms with Crippen LogP contribution in [0.3, 0.4) is 0 Å². The Labute approximate surface area is 153 Å². The Balaban J connectivity index is 1.61. The van der Waals surface area contributed by atoms with Crippen molar-refractivity contribution >= 4 is 11.7 Å². The number of rotatable bonds is 7. The summed E-state index contributed by atoms with van der Waals surface area (Å²) in [6.07, 6.45) is 3.39. The molecule has 3 rings (SSSR count). The molecule has 1 atom stereocenters. The van der Waals surface area contributed by atoms with E-state index in [-0.39, 0.29) is 5.92 Å². The first-order valence-corrected chi connectivity index (χ1v) is 8.86. The van der Waals surface area contributed by atoms with E-state index in [2.05, 4.69) is 15.0 Å². The number of aromatic nitrogens is 1. The standard InChI is InChI=1S/C20H23N3O3/c24-20(25)17-9-6-12-23(15-17)13-14-26-22-19(16-7-2-1-3-8-16)18-10-4-5-11-21-18/h1-5,7-8,10-11,17H,6,9,12-15H2,(H,24,25)/b22-19+. The second-order valence-corrected chi connectivity index (χ2v) is 6.33. The predicted octanol–water partition coefficient (Wildman–Crippen LogP) is 2.65. The summed E-state index contributed by atoms with van der Waals surface area (Å²) in [5.41, 5.74) is 2.38. The van der Waals surface area contributed by atoms with Gasteiger partial charge < -0.3 is 9.94 Å². The van der Waals surface area contributed by atoms with Crippen LogP contribution in [0, 0.1) is 5.92 Å². The van der Waals surface area contributed by atoms with Crippen LogP contribution in [0.2, 0.25) is 0 Å². The average molecular weight is 353 g/mol. The summed E-state index contributed by atoms with van der Waals surface area (Å²) in [6, 6.07) is 15.5. The minimum absolute atomic E-state index is 0.277. The van der Waals surface area contributed by atoms with E-state index >= 15 is 0 Å². The zero-order valence-electron chi connectivity index (χ0n) is 14.6. The zero-order chi connectivity index (χ0) is 18.2. The number of benzene rings is 1. The summed E-state index contributed by atoms with van der Waals surface area (Å²) in [7, 11) is 0. The van der Waals surface area contributed by atoms with Crippen molar-refractivity contribution in [3.05, 3.63) is 66.0 Å². The maximum atomic E-state index is 11.1. The highest BCUT2D eigenvalue weighted by Gasteiger charge is 2.25. The summed E-state index contributed by atoms with van der Waals surface area (Å²) in [5, 5.41) is 13.5. The van der Waals surface area contributed by atoms with Gasteiger partial charge in [-0.2, -0.15) is 0 Å². The van der Waals surface area contributed by atoms with Crippen molar-refractivity contribution in [1.82, 2.24) is 9.88 Å². The van der Waals surface area contributed by atoms with Gasteiger partial charge in [0.1, 0.15) is 12.3 Å². The molecule has 6 nitrogen and oxygen atoms in total. The molecule has 0 radical (unpaired) electrons. The summed E-state index contributed by atoms with van der Waals surface area (Å²) >= 11 is 0. The van der Waals surface area contributed by atoms with Gasteiger partial charge in [-0.05, 0) is 31.5 Å².